The van der Waals surface area contributed by atoms with Gasteiger partial charge in [-0.3, -0.25) is 0 Å². The number of nitrogens with zero attached hydrogens (tertiary/aromatic N) is 1. The van der Waals surface area contributed by atoms with Crippen molar-refractivity contribution in [2.45, 2.75) is 0 Å². The zero-order valence-corrected chi connectivity index (χ0v) is 12.1. The average Bonchev–Trinajstić information content (AvgIpc) is 2.94. The molecule has 0 N–H and O–H groups in total. The van der Waals surface area contributed by atoms with Gasteiger partial charge in [0.1, 0.15) is 0 Å². The second-order valence-corrected chi connectivity index (χ2v) is 5.21. The molecular formula is C16H10BrNO2. The molecule has 1 aliphatic rings. The largest absolute Gasteiger partial charge is 0.454 e. The highest BCUT2D eigenvalue weighted by molar-refractivity contribution is 9.10. The fraction of sp³-hybridized carbons (Fsp3) is 0.0625. The quantitative estimate of drug-likeness (QED) is 0.612. The van der Waals surface area contributed by atoms with Crippen molar-refractivity contribution in [2.75, 3.05) is 6.79 Å². The summed E-state index contributed by atoms with van der Waals surface area (Å²) in [6, 6.07) is 15.5. The Labute approximate surface area is 125 Å². The standard InChI is InChI=1S/C16H10BrNO2/c17-14-4-1-11(2-5-14)7-13(9-18)12-3-6-15-16(8-12)20-10-19-15/h1-8H,10H2/b13-7+. The van der Waals surface area contributed by atoms with Gasteiger partial charge in [0.25, 0.3) is 0 Å². The normalized spacial score (nSPS) is 13.1. The van der Waals surface area contributed by atoms with E-state index in [0.717, 1.165) is 21.3 Å². The van der Waals surface area contributed by atoms with E-state index in [4.69, 9.17) is 9.47 Å². The molecule has 0 aliphatic carbocycles. The Morgan fingerprint density at radius 2 is 1.85 bits per heavy atom. The van der Waals surface area contributed by atoms with Gasteiger partial charge in [-0.2, -0.15) is 5.26 Å². The zero-order chi connectivity index (χ0) is 13.9. The van der Waals surface area contributed by atoms with Gasteiger partial charge < -0.3 is 9.47 Å². The van der Waals surface area contributed by atoms with E-state index >= 15 is 0 Å². The van der Waals surface area contributed by atoms with Crippen LogP contribution in [0.5, 0.6) is 11.5 Å². The van der Waals surface area contributed by atoms with Gasteiger partial charge in [0, 0.05) is 4.47 Å². The number of nitriles is 1. The number of halogens is 1. The minimum atomic E-state index is 0.233. The molecule has 98 valence electrons. The highest BCUT2D eigenvalue weighted by Gasteiger charge is 2.14. The molecule has 0 unspecified atom stereocenters. The van der Waals surface area contributed by atoms with Gasteiger partial charge in [-0.05, 0) is 47.5 Å². The molecule has 0 amide bonds. The van der Waals surface area contributed by atoms with Crippen LogP contribution in [-0.2, 0) is 0 Å². The molecular weight excluding hydrogens is 318 g/mol. The first-order valence-corrected chi connectivity index (χ1v) is 6.83. The molecule has 0 saturated carbocycles. The summed E-state index contributed by atoms with van der Waals surface area (Å²) in [7, 11) is 0. The van der Waals surface area contributed by atoms with Gasteiger partial charge in [-0.1, -0.05) is 28.1 Å². The highest BCUT2D eigenvalue weighted by atomic mass is 79.9. The molecule has 2 aromatic carbocycles. The van der Waals surface area contributed by atoms with Crippen molar-refractivity contribution in [1.29, 1.82) is 5.26 Å². The van der Waals surface area contributed by atoms with Gasteiger partial charge >= 0.3 is 0 Å². The van der Waals surface area contributed by atoms with E-state index in [1.54, 1.807) is 0 Å². The number of fused-ring (bicyclic) bond motifs is 1. The number of ether oxygens (including phenoxy) is 2. The summed E-state index contributed by atoms with van der Waals surface area (Å²) in [4.78, 5) is 0. The van der Waals surface area contributed by atoms with Crippen LogP contribution in [-0.4, -0.2) is 6.79 Å². The van der Waals surface area contributed by atoms with Crippen LogP contribution in [0.1, 0.15) is 11.1 Å². The predicted octanol–water partition coefficient (Wildman–Crippen LogP) is 4.24. The molecule has 0 saturated heterocycles. The Morgan fingerprint density at radius 3 is 2.60 bits per heavy atom. The molecule has 20 heavy (non-hydrogen) atoms. The number of hydrogen-bond donors (Lipinski definition) is 0. The van der Waals surface area contributed by atoms with E-state index in [1.807, 2.05) is 48.5 Å². The van der Waals surface area contributed by atoms with Gasteiger partial charge in [0.05, 0.1) is 11.6 Å². The minimum Gasteiger partial charge on any atom is -0.454 e. The third-order valence-electron chi connectivity index (χ3n) is 2.99. The van der Waals surface area contributed by atoms with Gasteiger partial charge in [-0.15, -0.1) is 0 Å². The van der Waals surface area contributed by atoms with Gasteiger partial charge in [0.15, 0.2) is 11.5 Å². The summed E-state index contributed by atoms with van der Waals surface area (Å²) in [5, 5.41) is 9.34. The zero-order valence-electron chi connectivity index (χ0n) is 10.5. The summed E-state index contributed by atoms with van der Waals surface area (Å²) in [6.07, 6.45) is 1.85. The second kappa shape index (κ2) is 5.40. The lowest BCUT2D eigenvalue weighted by molar-refractivity contribution is 0.174. The van der Waals surface area contributed by atoms with Crippen LogP contribution < -0.4 is 9.47 Å². The van der Waals surface area contributed by atoms with Crippen molar-refractivity contribution in [2.24, 2.45) is 0 Å². The van der Waals surface area contributed by atoms with Crippen molar-refractivity contribution >= 4 is 27.6 Å². The Bertz CT molecular complexity index is 714. The van der Waals surface area contributed by atoms with Crippen LogP contribution in [0.15, 0.2) is 46.9 Å². The monoisotopic (exact) mass is 327 g/mol. The third-order valence-corrected chi connectivity index (χ3v) is 3.51. The maximum atomic E-state index is 9.34. The van der Waals surface area contributed by atoms with Crippen molar-refractivity contribution in [3.8, 4) is 17.6 Å². The molecule has 3 nitrogen and oxygen atoms in total. The molecule has 1 heterocycles. The summed E-state index contributed by atoms with van der Waals surface area (Å²) >= 11 is 3.39. The van der Waals surface area contributed by atoms with E-state index in [-0.39, 0.29) is 6.79 Å². The number of allylic oxidation sites excluding steroid dienone is 1. The second-order valence-electron chi connectivity index (χ2n) is 4.29. The lowest BCUT2D eigenvalue weighted by Gasteiger charge is -2.02. The molecule has 3 rings (SSSR count). The van der Waals surface area contributed by atoms with E-state index in [2.05, 4.69) is 22.0 Å². The first-order valence-electron chi connectivity index (χ1n) is 6.03. The predicted molar refractivity (Wildman–Crippen MR) is 80.2 cm³/mol. The molecule has 0 aromatic heterocycles. The summed E-state index contributed by atoms with van der Waals surface area (Å²) < 4.78 is 11.6. The van der Waals surface area contributed by atoms with E-state index < -0.39 is 0 Å². The van der Waals surface area contributed by atoms with Crippen molar-refractivity contribution < 1.29 is 9.47 Å². The van der Waals surface area contributed by atoms with Crippen molar-refractivity contribution in [3.63, 3.8) is 0 Å². The minimum absolute atomic E-state index is 0.233. The van der Waals surface area contributed by atoms with E-state index in [0.29, 0.717) is 11.3 Å². The van der Waals surface area contributed by atoms with Crippen molar-refractivity contribution in [3.05, 3.63) is 58.1 Å². The fourth-order valence-corrected chi connectivity index (χ4v) is 2.23. The van der Waals surface area contributed by atoms with E-state index in [9.17, 15) is 5.26 Å². The molecule has 2 aromatic rings. The number of hydrogen-bond acceptors (Lipinski definition) is 3. The first kappa shape index (κ1) is 12.8. The molecule has 0 bridgehead atoms. The molecule has 1 aliphatic heterocycles. The molecule has 0 atom stereocenters. The number of benzene rings is 2. The van der Waals surface area contributed by atoms with Crippen LogP contribution in [0, 0.1) is 11.3 Å². The third kappa shape index (κ3) is 2.54. The van der Waals surface area contributed by atoms with Crippen LogP contribution in [0.2, 0.25) is 0 Å². The van der Waals surface area contributed by atoms with Crippen LogP contribution in [0.25, 0.3) is 11.6 Å². The summed E-state index contributed by atoms with van der Waals surface area (Å²) in [6.45, 7) is 0.233. The smallest absolute Gasteiger partial charge is 0.231 e. The SMILES string of the molecule is N#C/C(=C\c1ccc(Br)cc1)c1ccc2c(c1)OCO2. The molecule has 0 fully saturated rings. The number of rotatable bonds is 2. The average molecular weight is 328 g/mol. The van der Waals surface area contributed by atoms with Crippen LogP contribution >= 0.6 is 15.9 Å². The van der Waals surface area contributed by atoms with E-state index in [1.165, 1.54) is 0 Å². The summed E-state index contributed by atoms with van der Waals surface area (Å²) in [5.41, 5.74) is 2.38. The molecule has 4 heteroatoms. The lowest BCUT2D eigenvalue weighted by Crippen LogP contribution is -1.92. The van der Waals surface area contributed by atoms with Gasteiger partial charge in [-0.25, -0.2) is 0 Å². The topological polar surface area (TPSA) is 42.2 Å². The Balaban J connectivity index is 1.98. The Kier molecular flexibility index (Phi) is 3.44. The van der Waals surface area contributed by atoms with Crippen LogP contribution in [0.4, 0.5) is 0 Å². The highest BCUT2D eigenvalue weighted by Crippen LogP contribution is 2.34. The lowest BCUT2D eigenvalue weighted by atomic mass is 10.0. The first-order chi connectivity index (χ1) is 9.76. The Hall–Kier alpha value is -2.25. The Morgan fingerprint density at radius 1 is 1.10 bits per heavy atom. The van der Waals surface area contributed by atoms with Gasteiger partial charge in [0.2, 0.25) is 6.79 Å². The van der Waals surface area contributed by atoms with Crippen LogP contribution in [0.3, 0.4) is 0 Å². The molecule has 0 spiro atoms. The maximum absolute atomic E-state index is 9.34. The van der Waals surface area contributed by atoms with Crippen molar-refractivity contribution in [1.82, 2.24) is 0 Å². The molecule has 0 radical (unpaired) electrons. The fourth-order valence-electron chi connectivity index (χ4n) is 1.97. The summed E-state index contributed by atoms with van der Waals surface area (Å²) in [5.74, 6) is 1.40. The maximum Gasteiger partial charge on any atom is 0.231 e.